The van der Waals surface area contributed by atoms with E-state index in [1.165, 1.54) is 5.52 Å². The molecule has 30 heavy (non-hydrogen) atoms. The van der Waals surface area contributed by atoms with E-state index >= 15 is 0 Å². The van der Waals surface area contributed by atoms with Crippen molar-refractivity contribution in [2.75, 3.05) is 39.3 Å². The van der Waals surface area contributed by atoms with Crippen LogP contribution in [-0.4, -0.2) is 75.3 Å². The lowest BCUT2D eigenvalue weighted by Gasteiger charge is -2.38. The van der Waals surface area contributed by atoms with Crippen molar-refractivity contribution < 1.29 is 9.59 Å². The fraction of sp³-hybridized carbons (Fsp3) is 0.609. The molecule has 0 atom stereocenters. The van der Waals surface area contributed by atoms with Crippen LogP contribution in [0.25, 0.3) is 11.0 Å². The van der Waals surface area contributed by atoms with Crippen LogP contribution in [0.4, 0.5) is 0 Å². The van der Waals surface area contributed by atoms with Gasteiger partial charge in [-0.05, 0) is 51.9 Å². The molecule has 3 heterocycles. The first kappa shape index (κ1) is 20.8. The van der Waals surface area contributed by atoms with Gasteiger partial charge in [0.15, 0.2) is 0 Å². The largest absolute Gasteiger partial charge is 0.339 e. The number of aromatic nitrogens is 2. The molecule has 2 aliphatic heterocycles. The molecule has 1 aromatic heterocycles. The van der Waals surface area contributed by atoms with Crippen molar-refractivity contribution in [3.63, 3.8) is 0 Å². The van der Waals surface area contributed by atoms with Crippen molar-refractivity contribution in [1.29, 1.82) is 0 Å². The third-order valence-corrected chi connectivity index (χ3v) is 6.52. The lowest BCUT2D eigenvalue weighted by Crippen LogP contribution is -2.52. The van der Waals surface area contributed by atoms with Gasteiger partial charge < -0.3 is 14.4 Å². The number of hydrogen-bond donors (Lipinski definition) is 0. The van der Waals surface area contributed by atoms with Crippen molar-refractivity contribution in [3.05, 3.63) is 30.1 Å². The second kappa shape index (κ2) is 8.76. The molecule has 2 fully saturated rings. The Morgan fingerprint density at radius 2 is 1.63 bits per heavy atom. The van der Waals surface area contributed by atoms with Gasteiger partial charge in [-0.2, -0.15) is 0 Å². The molecular formula is C23H33N5O2. The average Bonchev–Trinajstić information content (AvgIpc) is 3.12. The van der Waals surface area contributed by atoms with Crippen LogP contribution in [0.3, 0.4) is 0 Å². The number of fused-ring (bicyclic) bond motifs is 1. The van der Waals surface area contributed by atoms with Crippen molar-refractivity contribution >= 4 is 22.8 Å². The van der Waals surface area contributed by atoms with E-state index < -0.39 is 0 Å². The molecule has 0 bridgehead atoms. The van der Waals surface area contributed by atoms with Gasteiger partial charge in [0.25, 0.3) is 0 Å². The van der Waals surface area contributed by atoms with E-state index in [1.807, 2.05) is 15.9 Å². The van der Waals surface area contributed by atoms with Crippen molar-refractivity contribution in [2.24, 2.45) is 5.92 Å². The molecule has 7 nitrogen and oxygen atoms in total. The van der Waals surface area contributed by atoms with Gasteiger partial charge in [0, 0.05) is 45.1 Å². The number of hydrogen-bond acceptors (Lipinski definition) is 4. The predicted octanol–water partition coefficient (Wildman–Crippen LogP) is 2.52. The summed E-state index contributed by atoms with van der Waals surface area (Å²) in [6.07, 6.45) is 1.79. The van der Waals surface area contributed by atoms with Gasteiger partial charge in [0.05, 0.1) is 17.6 Å². The number of rotatable bonds is 4. The maximum atomic E-state index is 12.9. The number of amides is 2. The van der Waals surface area contributed by atoms with E-state index in [0.29, 0.717) is 32.2 Å². The molecule has 1 aromatic carbocycles. The van der Waals surface area contributed by atoms with Crippen LogP contribution in [0.15, 0.2) is 24.3 Å². The highest BCUT2D eigenvalue weighted by Crippen LogP contribution is 2.25. The summed E-state index contributed by atoms with van der Waals surface area (Å²) in [6, 6.07) is 8.69. The van der Waals surface area contributed by atoms with Crippen LogP contribution in [0.1, 0.15) is 45.5 Å². The zero-order valence-corrected chi connectivity index (χ0v) is 18.4. The Hall–Kier alpha value is -2.41. The first-order valence-corrected chi connectivity index (χ1v) is 11.2. The van der Waals surface area contributed by atoms with Gasteiger partial charge in [-0.1, -0.05) is 12.1 Å². The number of benzene rings is 1. The summed E-state index contributed by atoms with van der Waals surface area (Å²) in [5, 5.41) is 0. The summed E-state index contributed by atoms with van der Waals surface area (Å²) in [5.74, 6) is 1.58. The average molecular weight is 412 g/mol. The number of imidazole rings is 1. The van der Waals surface area contributed by atoms with Crippen LogP contribution in [0.5, 0.6) is 0 Å². The van der Waals surface area contributed by atoms with E-state index in [2.05, 4.69) is 41.5 Å². The Balaban J connectivity index is 1.34. The highest BCUT2D eigenvalue weighted by atomic mass is 16.2. The minimum Gasteiger partial charge on any atom is -0.339 e. The third kappa shape index (κ3) is 4.21. The number of para-hydroxylation sites is 2. The number of nitrogens with zero attached hydrogens (tertiary/aromatic N) is 5. The lowest BCUT2D eigenvalue weighted by molar-refractivity contribution is -0.142. The van der Waals surface area contributed by atoms with E-state index in [9.17, 15) is 9.59 Å². The molecule has 7 heteroatoms. The van der Waals surface area contributed by atoms with Crippen molar-refractivity contribution in [3.8, 4) is 0 Å². The Labute approximate surface area is 178 Å². The van der Waals surface area contributed by atoms with Gasteiger partial charge in [-0.3, -0.25) is 14.5 Å². The van der Waals surface area contributed by atoms with Crippen molar-refractivity contribution in [1.82, 2.24) is 24.3 Å². The summed E-state index contributed by atoms with van der Waals surface area (Å²) in [7, 11) is 0. The normalized spacial score (nSPS) is 19.1. The summed E-state index contributed by atoms with van der Waals surface area (Å²) in [6.45, 7) is 11.3. The number of likely N-dealkylation sites (tertiary alicyclic amines) is 1. The smallest absolute Gasteiger partial charge is 0.225 e. The Kier molecular flexibility index (Phi) is 6.09. The number of carbonyl (C=O) groups is 2. The van der Waals surface area contributed by atoms with Crippen LogP contribution >= 0.6 is 0 Å². The van der Waals surface area contributed by atoms with Crippen LogP contribution < -0.4 is 0 Å². The summed E-state index contributed by atoms with van der Waals surface area (Å²) in [5.41, 5.74) is 2.24. The van der Waals surface area contributed by atoms with Crippen LogP contribution in [-0.2, 0) is 16.1 Å². The molecular weight excluding hydrogens is 378 g/mol. The molecule has 0 aliphatic carbocycles. The Morgan fingerprint density at radius 3 is 2.27 bits per heavy atom. The fourth-order valence-electron chi connectivity index (χ4n) is 4.82. The van der Waals surface area contributed by atoms with Crippen molar-refractivity contribution in [2.45, 2.75) is 46.2 Å². The van der Waals surface area contributed by atoms with Crippen LogP contribution in [0.2, 0.25) is 0 Å². The molecule has 0 saturated carbocycles. The first-order valence-electron chi connectivity index (χ1n) is 11.2. The number of piperidine rings is 1. The molecule has 2 aromatic rings. The molecule has 0 N–H and O–H groups in total. The van der Waals surface area contributed by atoms with Gasteiger partial charge >= 0.3 is 0 Å². The maximum absolute atomic E-state index is 12.9. The second-order valence-corrected chi connectivity index (χ2v) is 8.86. The van der Waals surface area contributed by atoms with Gasteiger partial charge in [-0.15, -0.1) is 0 Å². The first-order chi connectivity index (χ1) is 14.4. The molecule has 162 valence electrons. The highest BCUT2D eigenvalue weighted by molar-refractivity contribution is 5.80. The van der Waals surface area contributed by atoms with Gasteiger partial charge in [0.2, 0.25) is 11.8 Å². The molecule has 0 radical (unpaired) electrons. The lowest BCUT2D eigenvalue weighted by atomic mass is 9.95. The van der Waals surface area contributed by atoms with E-state index in [0.717, 1.165) is 43.8 Å². The number of piperazine rings is 1. The molecule has 2 amide bonds. The minimum absolute atomic E-state index is 0.0998. The Bertz CT molecular complexity index is 905. The molecule has 0 spiro atoms. The predicted molar refractivity (Wildman–Crippen MR) is 117 cm³/mol. The summed E-state index contributed by atoms with van der Waals surface area (Å²) < 4.78 is 2.33. The number of carbonyl (C=O) groups excluding carboxylic acids is 2. The summed E-state index contributed by atoms with van der Waals surface area (Å²) in [4.78, 5) is 35.5. The molecule has 2 aliphatic rings. The van der Waals surface area contributed by atoms with E-state index in [-0.39, 0.29) is 17.7 Å². The van der Waals surface area contributed by atoms with E-state index in [1.54, 1.807) is 6.92 Å². The molecule has 2 saturated heterocycles. The summed E-state index contributed by atoms with van der Waals surface area (Å²) >= 11 is 0. The van der Waals surface area contributed by atoms with Gasteiger partial charge in [0.1, 0.15) is 5.82 Å². The Morgan fingerprint density at radius 1 is 1.00 bits per heavy atom. The third-order valence-electron chi connectivity index (χ3n) is 6.52. The second-order valence-electron chi connectivity index (χ2n) is 8.86. The minimum atomic E-state index is 0.0998. The van der Waals surface area contributed by atoms with Gasteiger partial charge in [-0.25, -0.2) is 4.98 Å². The standard InChI is InChI=1S/C23H33N5O2/c1-17(2)28-21-7-5-4-6-20(21)24-22(28)16-25-10-8-19(9-11-25)23(30)27-14-12-26(13-15-27)18(3)29/h4-7,17,19H,8-16H2,1-3H3. The SMILES string of the molecule is CC(=O)N1CCN(C(=O)C2CCN(Cc3nc4ccccc4n3C(C)C)CC2)CC1. The monoisotopic (exact) mass is 411 g/mol. The molecule has 4 rings (SSSR count). The maximum Gasteiger partial charge on any atom is 0.225 e. The quantitative estimate of drug-likeness (QED) is 0.776. The van der Waals surface area contributed by atoms with E-state index in [4.69, 9.17) is 4.98 Å². The zero-order valence-electron chi connectivity index (χ0n) is 18.4. The van der Waals surface area contributed by atoms with Crippen LogP contribution in [0, 0.1) is 5.92 Å². The molecule has 0 unspecified atom stereocenters. The highest BCUT2D eigenvalue weighted by Gasteiger charge is 2.31. The fourth-order valence-corrected chi connectivity index (χ4v) is 4.82. The topological polar surface area (TPSA) is 61.7 Å². The zero-order chi connectivity index (χ0) is 21.3.